The summed E-state index contributed by atoms with van der Waals surface area (Å²) in [4.78, 5) is 16.5. The SMILES string of the molecule is O=C1NCCCC[C@@H]1Nc1nncc(-c2ccc3c(c2)OCO3)n1. The van der Waals surface area contributed by atoms with Crippen LogP contribution in [0.3, 0.4) is 0 Å². The maximum Gasteiger partial charge on any atom is 0.243 e. The predicted molar refractivity (Wildman–Crippen MR) is 85.7 cm³/mol. The summed E-state index contributed by atoms with van der Waals surface area (Å²) in [5.74, 6) is 1.72. The number of hydrogen-bond acceptors (Lipinski definition) is 7. The van der Waals surface area contributed by atoms with E-state index in [0.717, 1.165) is 24.8 Å². The van der Waals surface area contributed by atoms with Gasteiger partial charge < -0.3 is 20.1 Å². The minimum absolute atomic E-state index is 0.0235. The zero-order valence-electron chi connectivity index (χ0n) is 13.0. The first-order valence-corrected chi connectivity index (χ1v) is 7.93. The highest BCUT2D eigenvalue weighted by atomic mass is 16.7. The molecule has 0 saturated carbocycles. The Balaban J connectivity index is 1.56. The molecule has 2 aliphatic heterocycles. The minimum atomic E-state index is -0.332. The topological polar surface area (TPSA) is 98.3 Å². The lowest BCUT2D eigenvalue weighted by Crippen LogP contribution is -2.38. The molecule has 1 amide bonds. The van der Waals surface area contributed by atoms with Gasteiger partial charge in [0.15, 0.2) is 11.5 Å². The van der Waals surface area contributed by atoms with E-state index in [4.69, 9.17) is 9.47 Å². The Morgan fingerprint density at radius 3 is 3.08 bits per heavy atom. The average Bonchev–Trinajstić information content (AvgIpc) is 2.99. The minimum Gasteiger partial charge on any atom is -0.454 e. The Hall–Kier alpha value is -2.90. The molecular formula is C16H17N5O3. The van der Waals surface area contributed by atoms with E-state index in [9.17, 15) is 4.79 Å². The van der Waals surface area contributed by atoms with Gasteiger partial charge >= 0.3 is 0 Å². The summed E-state index contributed by atoms with van der Waals surface area (Å²) in [6.45, 7) is 0.942. The van der Waals surface area contributed by atoms with Crippen molar-refractivity contribution in [2.75, 3.05) is 18.7 Å². The molecule has 2 aromatic rings. The Morgan fingerprint density at radius 1 is 1.21 bits per heavy atom. The first-order chi connectivity index (χ1) is 11.8. The van der Waals surface area contributed by atoms with Gasteiger partial charge in [-0.15, -0.1) is 5.10 Å². The van der Waals surface area contributed by atoms with E-state index in [2.05, 4.69) is 25.8 Å². The molecule has 8 nitrogen and oxygen atoms in total. The van der Waals surface area contributed by atoms with Gasteiger partial charge in [-0.05, 0) is 37.5 Å². The summed E-state index contributed by atoms with van der Waals surface area (Å²) in [7, 11) is 0. The molecule has 2 aliphatic rings. The molecule has 24 heavy (non-hydrogen) atoms. The number of fused-ring (bicyclic) bond motifs is 1. The summed E-state index contributed by atoms with van der Waals surface area (Å²) in [5.41, 5.74) is 1.50. The molecule has 124 valence electrons. The van der Waals surface area contributed by atoms with Crippen LogP contribution in [0, 0.1) is 0 Å². The molecular weight excluding hydrogens is 310 g/mol. The number of hydrogen-bond donors (Lipinski definition) is 2. The zero-order valence-corrected chi connectivity index (χ0v) is 13.0. The number of rotatable bonds is 3. The first-order valence-electron chi connectivity index (χ1n) is 7.93. The monoisotopic (exact) mass is 327 g/mol. The van der Waals surface area contributed by atoms with E-state index in [0.29, 0.717) is 29.7 Å². The van der Waals surface area contributed by atoms with Crippen LogP contribution in [-0.2, 0) is 4.79 Å². The molecule has 8 heteroatoms. The lowest BCUT2D eigenvalue weighted by molar-refractivity contribution is -0.121. The number of anilines is 1. The van der Waals surface area contributed by atoms with Crippen molar-refractivity contribution in [1.29, 1.82) is 0 Å². The summed E-state index contributed by atoms with van der Waals surface area (Å²) < 4.78 is 10.7. The van der Waals surface area contributed by atoms with E-state index < -0.39 is 0 Å². The fourth-order valence-corrected chi connectivity index (χ4v) is 2.79. The Labute approximate surface area is 138 Å². The molecule has 0 unspecified atom stereocenters. The van der Waals surface area contributed by atoms with Crippen molar-refractivity contribution in [3.63, 3.8) is 0 Å². The molecule has 0 bridgehead atoms. The van der Waals surface area contributed by atoms with Gasteiger partial charge in [0.1, 0.15) is 6.04 Å². The number of carbonyl (C=O) groups is 1. The van der Waals surface area contributed by atoms with Gasteiger partial charge in [0.05, 0.1) is 11.9 Å². The number of amides is 1. The van der Waals surface area contributed by atoms with Crippen molar-refractivity contribution >= 4 is 11.9 Å². The lowest BCUT2D eigenvalue weighted by Gasteiger charge is -2.14. The molecule has 4 rings (SSSR count). The van der Waals surface area contributed by atoms with Gasteiger partial charge in [-0.3, -0.25) is 4.79 Å². The van der Waals surface area contributed by atoms with Crippen LogP contribution in [0.1, 0.15) is 19.3 Å². The van der Waals surface area contributed by atoms with E-state index in [1.165, 1.54) is 0 Å². The molecule has 3 heterocycles. The van der Waals surface area contributed by atoms with Crippen molar-refractivity contribution in [3.8, 4) is 22.8 Å². The maximum atomic E-state index is 12.0. The molecule has 1 aromatic heterocycles. The van der Waals surface area contributed by atoms with Gasteiger partial charge in [0.2, 0.25) is 18.6 Å². The van der Waals surface area contributed by atoms with Crippen molar-refractivity contribution in [1.82, 2.24) is 20.5 Å². The molecule has 0 spiro atoms. The molecule has 1 saturated heterocycles. The van der Waals surface area contributed by atoms with Crippen molar-refractivity contribution in [3.05, 3.63) is 24.4 Å². The summed E-state index contributed by atoms with van der Waals surface area (Å²) in [5, 5.41) is 13.9. The number of ether oxygens (including phenoxy) is 2. The van der Waals surface area contributed by atoms with Gasteiger partial charge in [-0.2, -0.15) is 5.10 Å². The smallest absolute Gasteiger partial charge is 0.243 e. The van der Waals surface area contributed by atoms with E-state index in [1.54, 1.807) is 6.20 Å². The standard InChI is InChI=1S/C16H17N5O3/c22-15-11(3-1-2-6-17-15)19-16-20-12(8-18-21-16)10-4-5-13-14(7-10)24-9-23-13/h4-5,7-8,11H,1-3,6,9H2,(H,17,22)(H,19,20,21)/t11-/m0/s1. The second-order valence-electron chi connectivity index (χ2n) is 5.72. The normalized spacial score (nSPS) is 19.5. The number of carbonyl (C=O) groups excluding carboxylic acids is 1. The Kier molecular flexibility index (Phi) is 3.86. The fraction of sp³-hybridized carbons (Fsp3) is 0.375. The number of benzene rings is 1. The third-order valence-corrected chi connectivity index (χ3v) is 4.07. The predicted octanol–water partition coefficient (Wildman–Crippen LogP) is 1.35. The van der Waals surface area contributed by atoms with Crippen LogP contribution in [0.2, 0.25) is 0 Å². The second kappa shape index (κ2) is 6.31. The fourth-order valence-electron chi connectivity index (χ4n) is 2.79. The highest BCUT2D eigenvalue weighted by Crippen LogP contribution is 2.35. The van der Waals surface area contributed by atoms with Crippen LogP contribution in [0.4, 0.5) is 5.95 Å². The van der Waals surface area contributed by atoms with Crippen molar-refractivity contribution in [2.24, 2.45) is 0 Å². The first kappa shape index (κ1) is 14.7. The highest BCUT2D eigenvalue weighted by Gasteiger charge is 2.21. The summed E-state index contributed by atoms with van der Waals surface area (Å²) in [6.07, 6.45) is 4.30. The van der Waals surface area contributed by atoms with Crippen LogP contribution < -0.4 is 20.1 Å². The number of nitrogens with one attached hydrogen (secondary N) is 2. The van der Waals surface area contributed by atoms with Gasteiger partial charge in [0, 0.05) is 12.1 Å². The Bertz CT molecular complexity index is 767. The van der Waals surface area contributed by atoms with E-state index in [1.807, 2.05) is 18.2 Å². The van der Waals surface area contributed by atoms with Crippen molar-refractivity contribution < 1.29 is 14.3 Å². The van der Waals surface area contributed by atoms with Gasteiger partial charge in [-0.1, -0.05) is 0 Å². The molecule has 1 fully saturated rings. The van der Waals surface area contributed by atoms with Crippen LogP contribution in [0.25, 0.3) is 11.3 Å². The lowest BCUT2D eigenvalue weighted by atomic mass is 10.1. The second-order valence-corrected chi connectivity index (χ2v) is 5.72. The molecule has 2 N–H and O–H groups in total. The molecule has 0 radical (unpaired) electrons. The number of aromatic nitrogens is 3. The van der Waals surface area contributed by atoms with E-state index >= 15 is 0 Å². The molecule has 0 aliphatic carbocycles. The maximum absolute atomic E-state index is 12.0. The van der Waals surface area contributed by atoms with E-state index in [-0.39, 0.29) is 18.7 Å². The van der Waals surface area contributed by atoms with Gasteiger partial charge in [-0.25, -0.2) is 4.98 Å². The molecule has 1 aromatic carbocycles. The number of nitrogens with zero attached hydrogens (tertiary/aromatic N) is 3. The van der Waals surface area contributed by atoms with Crippen LogP contribution in [0.5, 0.6) is 11.5 Å². The summed E-state index contributed by atoms with van der Waals surface area (Å²) in [6, 6.07) is 5.25. The third-order valence-electron chi connectivity index (χ3n) is 4.07. The van der Waals surface area contributed by atoms with Gasteiger partial charge in [0.25, 0.3) is 0 Å². The average molecular weight is 327 g/mol. The third kappa shape index (κ3) is 2.94. The Morgan fingerprint density at radius 2 is 2.12 bits per heavy atom. The summed E-state index contributed by atoms with van der Waals surface area (Å²) >= 11 is 0. The van der Waals surface area contributed by atoms with Crippen LogP contribution in [0.15, 0.2) is 24.4 Å². The quantitative estimate of drug-likeness (QED) is 0.878. The van der Waals surface area contributed by atoms with Crippen LogP contribution >= 0.6 is 0 Å². The van der Waals surface area contributed by atoms with Crippen LogP contribution in [-0.4, -0.2) is 40.5 Å². The largest absolute Gasteiger partial charge is 0.454 e. The zero-order chi connectivity index (χ0) is 16.4. The van der Waals surface area contributed by atoms with Crippen molar-refractivity contribution in [2.45, 2.75) is 25.3 Å². The highest BCUT2D eigenvalue weighted by molar-refractivity contribution is 5.84. The molecule has 1 atom stereocenters.